The monoisotopic (exact) mass is 625 g/mol. The van der Waals surface area contributed by atoms with Gasteiger partial charge in [0.25, 0.3) is 0 Å². The summed E-state index contributed by atoms with van der Waals surface area (Å²) in [7, 11) is 1.54. The molecule has 0 amide bonds. The van der Waals surface area contributed by atoms with E-state index in [2.05, 4.69) is 4.90 Å². The van der Waals surface area contributed by atoms with E-state index in [-0.39, 0.29) is 23.9 Å². The van der Waals surface area contributed by atoms with Crippen LogP contribution in [0.1, 0.15) is 59.7 Å². The molecule has 15 heteroatoms. The Morgan fingerprint density at radius 2 is 1.66 bits per heavy atom. The zero-order valence-electron chi connectivity index (χ0n) is 24.9. The number of morpholine rings is 1. The summed E-state index contributed by atoms with van der Waals surface area (Å²) in [5, 5.41) is 44.5. The molecule has 0 spiro atoms. The van der Waals surface area contributed by atoms with Gasteiger partial charge < -0.3 is 44.5 Å². The van der Waals surface area contributed by atoms with Gasteiger partial charge in [-0.3, -0.25) is 19.3 Å². The van der Waals surface area contributed by atoms with Crippen LogP contribution in [-0.4, -0.2) is 112 Å². The van der Waals surface area contributed by atoms with E-state index in [0.29, 0.717) is 42.7 Å². The zero-order chi connectivity index (χ0) is 33.0. The fourth-order valence-electron chi connectivity index (χ4n) is 4.61. The first-order valence-corrected chi connectivity index (χ1v) is 13.8. The maximum atomic E-state index is 12.0. The number of aromatic hydroxyl groups is 1. The van der Waals surface area contributed by atoms with Crippen LogP contribution in [0.4, 0.5) is 0 Å². The molecular weight excluding hydrogens is 586 g/mol. The molecule has 0 aromatic heterocycles. The number of phenolic OH excluding ortho intramolecular Hbond substituents is 1. The number of methoxy groups -OCH3 is 1. The lowest BCUT2D eigenvalue weighted by atomic mass is 9.94. The number of benzene rings is 1. The molecule has 44 heavy (non-hydrogen) atoms. The minimum absolute atomic E-state index is 0.0912. The molecule has 244 valence electrons. The van der Waals surface area contributed by atoms with Gasteiger partial charge in [-0.1, -0.05) is 11.6 Å². The summed E-state index contributed by atoms with van der Waals surface area (Å²) >= 11 is 0. The molecule has 2 aliphatic heterocycles. The van der Waals surface area contributed by atoms with Crippen molar-refractivity contribution in [2.45, 2.75) is 58.2 Å². The lowest BCUT2D eigenvalue weighted by molar-refractivity contribution is -0.170. The van der Waals surface area contributed by atoms with Crippen LogP contribution in [-0.2, 0) is 46.4 Å². The van der Waals surface area contributed by atoms with Crippen LogP contribution >= 0.6 is 0 Å². The van der Waals surface area contributed by atoms with E-state index in [0.717, 1.165) is 44.0 Å². The quantitative estimate of drug-likeness (QED) is 0.145. The number of esters is 2. The molecule has 1 aromatic rings. The second-order valence-corrected chi connectivity index (χ2v) is 10.3. The number of aliphatic carboxylic acids is 3. The molecule has 2 aliphatic rings. The summed E-state index contributed by atoms with van der Waals surface area (Å²) in [5.74, 6) is -5.29. The molecular formula is C29H39NO14. The SMILES string of the molecule is COc1c(C)c2c(c(O)c1C/C=C(\C)CCC(=O)OCCN1CCOCC1)C(=O)OC2.O=C(O)CC(O)(CC(=O)O)C(=O)O. The van der Waals surface area contributed by atoms with E-state index in [1.54, 1.807) is 7.11 Å². The average Bonchev–Trinajstić information content (AvgIpc) is 3.35. The lowest BCUT2D eigenvalue weighted by Crippen LogP contribution is -2.42. The number of cyclic esters (lactones) is 1. The summed E-state index contributed by atoms with van der Waals surface area (Å²) in [4.78, 5) is 56.7. The number of fused-ring (bicyclic) bond motifs is 1. The topological polar surface area (TPSA) is 227 Å². The van der Waals surface area contributed by atoms with Crippen molar-refractivity contribution in [3.63, 3.8) is 0 Å². The Kier molecular flexibility index (Phi) is 13.6. The fraction of sp³-hybridized carbons (Fsp3) is 0.552. The number of allylic oxidation sites excluding steroid dienone is 2. The van der Waals surface area contributed by atoms with Gasteiger partial charge in [0.15, 0.2) is 5.60 Å². The van der Waals surface area contributed by atoms with Crippen molar-refractivity contribution in [2.75, 3.05) is 46.6 Å². The lowest BCUT2D eigenvalue weighted by Gasteiger charge is -2.26. The van der Waals surface area contributed by atoms with Gasteiger partial charge in [-0.25, -0.2) is 9.59 Å². The number of ether oxygens (including phenoxy) is 4. The number of carbonyl (C=O) groups excluding carboxylic acids is 2. The molecule has 0 aliphatic carbocycles. The van der Waals surface area contributed by atoms with Crippen LogP contribution < -0.4 is 4.74 Å². The largest absolute Gasteiger partial charge is 0.507 e. The summed E-state index contributed by atoms with van der Waals surface area (Å²) < 4.78 is 21.2. The Morgan fingerprint density at radius 3 is 2.20 bits per heavy atom. The van der Waals surface area contributed by atoms with Crippen molar-refractivity contribution >= 4 is 29.8 Å². The van der Waals surface area contributed by atoms with Gasteiger partial charge in [0.2, 0.25) is 0 Å². The molecule has 1 fully saturated rings. The Hall–Kier alpha value is -4.21. The fourth-order valence-corrected chi connectivity index (χ4v) is 4.61. The maximum Gasteiger partial charge on any atom is 0.342 e. The predicted octanol–water partition coefficient (Wildman–Crippen LogP) is 1.28. The maximum absolute atomic E-state index is 12.0. The van der Waals surface area contributed by atoms with Crippen molar-refractivity contribution in [2.24, 2.45) is 0 Å². The normalized spacial score (nSPS) is 15.0. The van der Waals surface area contributed by atoms with Gasteiger partial charge in [-0.2, -0.15) is 0 Å². The standard InChI is InChI=1S/C23H31NO7.C6H8O7/c1-15(5-7-19(25)30-13-10-24-8-11-29-12-9-24)4-6-17-21(26)20-18(14-31-23(20)27)16(2)22(17)28-3;7-3(8)1-6(13,5(11)12)2-4(9)10/h4,26H,5-14H2,1-3H3;13H,1-2H2,(H,7,8)(H,9,10)(H,11,12)/b15-4+;. The summed E-state index contributed by atoms with van der Waals surface area (Å²) in [6, 6.07) is 0. The van der Waals surface area contributed by atoms with Crippen LogP contribution in [0, 0.1) is 6.92 Å². The Bertz CT molecular complexity index is 1250. The first-order chi connectivity index (χ1) is 20.7. The molecule has 0 saturated carbocycles. The van der Waals surface area contributed by atoms with E-state index in [4.69, 9.17) is 39.4 Å². The first-order valence-electron chi connectivity index (χ1n) is 13.8. The minimum Gasteiger partial charge on any atom is -0.507 e. The highest BCUT2D eigenvalue weighted by molar-refractivity contribution is 5.98. The third-order valence-electron chi connectivity index (χ3n) is 7.09. The average molecular weight is 626 g/mol. The molecule has 3 rings (SSSR count). The number of hydrogen-bond acceptors (Lipinski definition) is 12. The van der Waals surface area contributed by atoms with Crippen LogP contribution in [0.15, 0.2) is 11.6 Å². The number of carboxylic acids is 3. The van der Waals surface area contributed by atoms with Gasteiger partial charge in [0, 0.05) is 37.2 Å². The minimum atomic E-state index is -2.74. The van der Waals surface area contributed by atoms with Crippen molar-refractivity contribution in [3.05, 3.63) is 33.9 Å². The van der Waals surface area contributed by atoms with Crippen LogP contribution in [0.2, 0.25) is 0 Å². The Morgan fingerprint density at radius 1 is 1.05 bits per heavy atom. The number of nitrogens with zero attached hydrogens (tertiary/aromatic N) is 1. The molecule has 1 saturated heterocycles. The summed E-state index contributed by atoms with van der Waals surface area (Å²) in [5.41, 5.74) is 0.493. The first kappa shape index (κ1) is 36.0. The van der Waals surface area contributed by atoms with Crippen molar-refractivity contribution in [1.82, 2.24) is 4.90 Å². The highest BCUT2D eigenvalue weighted by atomic mass is 16.5. The van der Waals surface area contributed by atoms with E-state index >= 15 is 0 Å². The molecule has 1 aromatic carbocycles. The molecule has 0 radical (unpaired) electrons. The molecule has 5 N–H and O–H groups in total. The van der Waals surface area contributed by atoms with Gasteiger partial charge in [0.05, 0.1) is 33.2 Å². The van der Waals surface area contributed by atoms with Crippen molar-refractivity contribution in [1.29, 1.82) is 0 Å². The van der Waals surface area contributed by atoms with Gasteiger partial charge in [-0.05, 0) is 32.3 Å². The highest BCUT2D eigenvalue weighted by Gasteiger charge is 2.40. The molecule has 0 atom stereocenters. The second-order valence-electron chi connectivity index (χ2n) is 10.3. The van der Waals surface area contributed by atoms with Gasteiger partial charge in [0.1, 0.15) is 30.3 Å². The van der Waals surface area contributed by atoms with Crippen molar-refractivity contribution in [3.8, 4) is 11.5 Å². The predicted molar refractivity (Wildman–Crippen MR) is 151 cm³/mol. The number of aliphatic hydroxyl groups is 1. The van der Waals surface area contributed by atoms with Crippen molar-refractivity contribution < 1.29 is 68.5 Å². The van der Waals surface area contributed by atoms with Crippen LogP contribution in [0.5, 0.6) is 11.5 Å². The summed E-state index contributed by atoms with van der Waals surface area (Å²) in [6.07, 6.45) is 0.887. The van der Waals surface area contributed by atoms with Gasteiger partial charge in [-0.15, -0.1) is 0 Å². The van der Waals surface area contributed by atoms with Crippen LogP contribution in [0.25, 0.3) is 0 Å². The number of rotatable bonds is 14. The highest BCUT2D eigenvalue weighted by Crippen LogP contribution is 2.42. The number of hydrogen-bond donors (Lipinski definition) is 5. The van der Waals surface area contributed by atoms with Crippen LogP contribution in [0.3, 0.4) is 0 Å². The third kappa shape index (κ3) is 10.2. The Balaban J connectivity index is 0.000000439. The number of carboxylic acid groups (broad SMARTS) is 3. The van der Waals surface area contributed by atoms with E-state index < -0.39 is 42.3 Å². The van der Waals surface area contributed by atoms with E-state index in [1.165, 1.54) is 0 Å². The molecule has 0 unspecified atom stereocenters. The summed E-state index contributed by atoms with van der Waals surface area (Å²) in [6.45, 7) is 8.23. The number of carbonyl (C=O) groups is 5. The third-order valence-corrected chi connectivity index (χ3v) is 7.09. The zero-order valence-corrected chi connectivity index (χ0v) is 24.9. The Labute approximate surface area is 253 Å². The van der Waals surface area contributed by atoms with Gasteiger partial charge >= 0.3 is 29.8 Å². The molecule has 2 heterocycles. The smallest absolute Gasteiger partial charge is 0.342 e. The van der Waals surface area contributed by atoms with E-state index in [9.17, 15) is 29.1 Å². The molecule has 15 nitrogen and oxygen atoms in total. The molecule has 0 bridgehead atoms. The second kappa shape index (κ2) is 16.6. The van der Waals surface area contributed by atoms with E-state index in [1.807, 2.05) is 19.9 Å². The number of phenols is 1.